The number of piperidine rings is 1. The summed E-state index contributed by atoms with van der Waals surface area (Å²) in [4.78, 5) is 29.2. The number of aryl methyl sites for hydroxylation is 2. The molecule has 3 heterocycles. The van der Waals surface area contributed by atoms with E-state index in [1.807, 2.05) is 24.3 Å². The van der Waals surface area contributed by atoms with Crippen LogP contribution in [0.25, 0.3) is 11.3 Å². The number of nitrogens with zero attached hydrogens (tertiary/aromatic N) is 5. The van der Waals surface area contributed by atoms with Gasteiger partial charge in [0.15, 0.2) is 0 Å². The number of hydrogen-bond donors (Lipinski definition) is 0. The summed E-state index contributed by atoms with van der Waals surface area (Å²) in [5.74, 6) is 1.23. The Bertz CT molecular complexity index is 1140. The summed E-state index contributed by atoms with van der Waals surface area (Å²) in [5.41, 5.74) is 5.88. The third-order valence-electron chi connectivity index (χ3n) is 7.11. The molecular formula is C28H33N5O. The van der Waals surface area contributed by atoms with E-state index in [9.17, 15) is 4.79 Å². The Balaban J connectivity index is 1.23. The molecule has 3 aromatic rings. The molecule has 0 bridgehead atoms. The second-order valence-corrected chi connectivity index (χ2v) is 9.51. The molecule has 0 N–H and O–H groups in total. The van der Waals surface area contributed by atoms with Crippen molar-refractivity contribution >= 4 is 17.4 Å². The highest BCUT2D eigenvalue weighted by molar-refractivity contribution is 5.80. The lowest BCUT2D eigenvalue weighted by Crippen LogP contribution is -2.52. The van der Waals surface area contributed by atoms with E-state index in [0.29, 0.717) is 5.91 Å². The van der Waals surface area contributed by atoms with Crippen molar-refractivity contribution in [3.05, 3.63) is 72.1 Å². The van der Waals surface area contributed by atoms with Gasteiger partial charge in [0.05, 0.1) is 11.6 Å². The number of hydrogen-bond acceptors (Lipinski definition) is 5. The molecule has 2 aliphatic rings. The summed E-state index contributed by atoms with van der Waals surface area (Å²) >= 11 is 0. The molecule has 1 unspecified atom stereocenters. The van der Waals surface area contributed by atoms with E-state index in [1.165, 1.54) is 16.8 Å². The SMILES string of the molecule is Cc1ccc(C)c(N2CCN(C(=O)C3CCCN(c4cc(-c5ccccc5)ncn4)C3)CC2)c1. The van der Waals surface area contributed by atoms with Crippen LogP contribution in [0.15, 0.2) is 60.9 Å². The van der Waals surface area contributed by atoms with Crippen molar-refractivity contribution in [1.82, 2.24) is 14.9 Å². The maximum Gasteiger partial charge on any atom is 0.227 e. The van der Waals surface area contributed by atoms with Gasteiger partial charge in [-0.25, -0.2) is 9.97 Å². The minimum Gasteiger partial charge on any atom is -0.368 e. The van der Waals surface area contributed by atoms with Gasteiger partial charge < -0.3 is 14.7 Å². The third-order valence-corrected chi connectivity index (χ3v) is 7.11. The standard InChI is InChI=1S/C28H33N5O/c1-21-10-11-22(2)26(17-21)31-13-15-32(16-14-31)28(34)24-9-6-12-33(19-24)27-18-25(29-20-30-27)23-7-4-3-5-8-23/h3-5,7-8,10-11,17-18,20,24H,6,9,12-16,19H2,1-2H3. The molecule has 6 nitrogen and oxygen atoms in total. The molecule has 2 fully saturated rings. The first-order valence-corrected chi connectivity index (χ1v) is 12.3. The topological polar surface area (TPSA) is 52.6 Å². The first-order chi connectivity index (χ1) is 16.6. The number of rotatable bonds is 4. The summed E-state index contributed by atoms with van der Waals surface area (Å²) in [6.45, 7) is 9.30. The number of carbonyl (C=O) groups is 1. The summed E-state index contributed by atoms with van der Waals surface area (Å²) in [5, 5.41) is 0. The lowest BCUT2D eigenvalue weighted by atomic mass is 9.96. The minimum atomic E-state index is 0.0242. The Morgan fingerprint density at radius 3 is 2.47 bits per heavy atom. The van der Waals surface area contributed by atoms with E-state index < -0.39 is 0 Å². The predicted octanol–water partition coefficient (Wildman–Crippen LogP) is 4.33. The van der Waals surface area contributed by atoms with Crippen LogP contribution < -0.4 is 9.80 Å². The molecule has 0 radical (unpaired) electrons. The van der Waals surface area contributed by atoms with E-state index in [1.54, 1.807) is 6.33 Å². The number of anilines is 2. The normalized spacial score (nSPS) is 18.8. The fourth-order valence-electron chi connectivity index (χ4n) is 5.16. The van der Waals surface area contributed by atoms with Crippen molar-refractivity contribution in [2.75, 3.05) is 49.1 Å². The molecule has 0 spiro atoms. The predicted molar refractivity (Wildman–Crippen MR) is 137 cm³/mol. The maximum atomic E-state index is 13.4. The smallest absolute Gasteiger partial charge is 0.227 e. The summed E-state index contributed by atoms with van der Waals surface area (Å²) < 4.78 is 0. The van der Waals surface area contributed by atoms with Gasteiger partial charge in [0.25, 0.3) is 0 Å². The van der Waals surface area contributed by atoms with Crippen molar-refractivity contribution in [3.63, 3.8) is 0 Å². The van der Waals surface area contributed by atoms with Crippen LogP contribution >= 0.6 is 0 Å². The van der Waals surface area contributed by atoms with E-state index in [4.69, 9.17) is 0 Å². The highest BCUT2D eigenvalue weighted by Crippen LogP contribution is 2.27. The van der Waals surface area contributed by atoms with Gasteiger partial charge >= 0.3 is 0 Å². The van der Waals surface area contributed by atoms with Gasteiger partial charge in [-0.2, -0.15) is 0 Å². The summed E-state index contributed by atoms with van der Waals surface area (Å²) in [6, 6.07) is 18.8. The second-order valence-electron chi connectivity index (χ2n) is 9.51. The third kappa shape index (κ3) is 4.76. The Kier molecular flexibility index (Phi) is 6.48. The number of carbonyl (C=O) groups excluding carboxylic acids is 1. The Hall–Kier alpha value is -3.41. The number of amides is 1. The van der Waals surface area contributed by atoms with Crippen LogP contribution in [0.3, 0.4) is 0 Å². The molecule has 1 atom stereocenters. The molecule has 176 valence electrons. The summed E-state index contributed by atoms with van der Waals surface area (Å²) in [6.07, 6.45) is 3.59. The maximum absolute atomic E-state index is 13.4. The van der Waals surface area contributed by atoms with E-state index in [2.05, 4.69) is 68.8 Å². The molecular weight excluding hydrogens is 422 g/mol. The highest BCUT2D eigenvalue weighted by Gasteiger charge is 2.32. The van der Waals surface area contributed by atoms with Gasteiger partial charge in [0, 0.05) is 56.6 Å². The van der Waals surface area contributed by atoms with E-state index >= 15 is 0 Å². The number of benzene rings is 2. The molecule has 0 aliphatic carbocycles. The van der Waals surface area contributed by atoms with Crippen LogP contribution in [0.1, 0.15) is 24.0 Å². The average Bonchev–Trinajstić information content (AvgIpc) is 2.90. The molecule has 1 amide bonds. The van der Waals surface area contributed by atoms with Crippen molar-refractivity contribution in [3.8, 4) is 11.3 Å². The van der Waals surface area contributed by atoms with Crippen LogP contribution in [0.4, 0.5) is 11.5 Å². The first-order valence-electron chi connectivity index (χ1n) is 12.3. The molecule has 2 aliphatic heterocycles. The van der Waals surface area contributed by atoms with E-state index in [-0.39, 0.29) is 5.92 Å². The molecule has 34 heavy (non-hydrogen) atoms. The van der Waals surface area contributed by atoms with Crippen molar-refractivity contribution < 1.29 is 4.79 Å². The van der Waals surface area contributed by atoms with Crippen LogP contribution in [0.2, 0.25) is 0 Å². The molecule has 1 aromatic heterocycles. The van der Waals surface area contributed by atoms with Crippen LogP contribution in [0, 0.1) is 19.8 Å². The molecule has 5 rings (SSSR count). The molecule has 2 saturated heterocycles. The molecule has 0 saturated carbocycles. The quantitative estimate of drug-likeness (QED) is 0.586. The van der Waals surface area contributed by atoms with Crippen LogP contribution in [-0.2, 0) is 4.79 Å². The van der Waals surface area contributed by atoms with Crippen molar-refractivity contribution in [2.24, 2.45) is 5.92 Å². The monoisotopic (exact) mass is 455 g/mol. The van der Waals surface area contributed by atoms with Crippen molar-refractivity contribution in [2.45, 2.75) is 26.7 Å². The van der Waals surface area contributed by atoms with Crippen molar-refractivity contribution in [1.29, 1.82) is 0 Å². The molecule has 2 aromatic carbocycles. The lowest BCUT2D eigenvalue weighted by molar-refractivity contribution is -0.136. The van der Waals surface area contributed by atoms with Gasteiger partial charge in [-0.3, -0.25) is 4.79 Å². The fraction of sp³-hybridized carbons (Fsp3) is 0.393. The number of piperazine rings is 1. The zero-order valence-corrected chi connectivity index (χ0v) is 20.2. The largest absolute Gasteiger partial charge is 0.368 e. The Labute approximate surface area is 202 Å². The Morgan fingerprint density at radius 1 is 0.882 bits per heavy atom. The second kappa shape index (κ2) is 9.84. The van der Waals surface area contributed by atoms with Gasteiger partial charge in [-0.1, -0.05) is 42.5 Å². The zero-order valence-electron chi connectivity index (χ0n) is 20.2. The van der Waals surface area contributed by atoms with Crippen LogP contribution in [0.5, 0.6) is 0 Å². The fourth-order valence-corrected chi connectivity index (χ4v) is 5.16. The van der Waals surface area contributed by atoms with Crippen LogP contribution in [-0.4, -0.2) is 60.0 Å². The van der Waals surface area contributed by atoms with Gasteiger partial charge in [0.2, 0.25) is 5.91 Å². The minimum absolute atomic E-state index is 0.0242. The van der Waals surface area contributed by atoms with Gasteiger partial charge in [-0.15, -0.1) is 0 Å². The highest BCUT2D eigenvalue weighted by atomic mass is 16.2. The summed E-state index contributed by atoms with van der Waals surface area (Å²) in [7, 11) is 0. The van der Waals surface area contributed by atoms with Gasteiger partial charge in [0.1, 0.15) is 12.1 Å². The lowest BCUT2D eigenvalue weighted by Gasteiger charge is -2.40. The first kappa shape index (κ1) is 22.4. The van der Waals surface area contributed by atoms with Gasteiger partial charge in [-0.05, 0) is 43.9 Å². The Morgan fingerprint density at radius 2 is 1.68 bits per heavy atom. The zero-order chi connectivity index (χ0) is 23.5. The molecule has 6 heteroatoms. The van der Waals surface area contributed by atoms with E-state index in [0.717, 1.165) is 69.2 Å². The average molecular weight is 456 g/mol. The number of aromatic nitrogens is 2.